The molecular weight excluding hydrogens is 380 g/mol. The molecule has 0 bridgehead atoms. The van der Waals surface area contributed by atoms with Crippen molar-refractivity contribution in [1.29, 1.82) is 0 Å². The molecule has 4 aromatic rings. The Morgan fingerprint density at radius 1 is 0.931 bits per heavy atom. The minimum atomic E-state index is -0.171. The lowest BCUT2D eigenvalue weighted by Crippen LogP contribution is -2.13. The van der Waals surface area contributed by atoms with Crippen molar-refractivity contribution in [3.05, 3.63) is 72.3 Å². The first-order valence-electron chi connectivity index (χ1n) is 9.62. The van der Waals surface area contributed by atoms with E-state index in [9.17, 15) is 9.59 Å². The maximum atomic E-state index is 12.9. The van der Waals surface area contributed by atoms with E-state index >= 15 is 0 Å². The summed E-state index contributed by atoms with van der Waals surface area (Å²) >= 11 is 1.39. The van der Waals surface area contributed by atoms with Crippen LogP contribution in [0.15, 0.2) is 71.6 Å². The van der Waals surface area contributed by atoms with Gasteiger partial charge in [-0.3, -0.25) is 9.59 Å². The zero-order valence-electron chi connectivity index (χ0n) is 16.4. The Labute approximate surface area is 173 Å². The first-order chi connectivity index (χ1) is 14.1. The van der Waals surface area contributed by atoms with E-state index in [2.05, 4.69) is 35.0 Å². The van der Waals surface area contributed by atoms with E-state index < -0.39 is 0 Å². The van der Waals surface area contributed by atoms with Gasteiger partial charge in [0.05, 0.1) is 11.3 Å². The number of carbonyl (C=O) groups excluding carboxylic acids is 2. The predicted octanol–water partition coefficient (Wildman–Crippen LogP) is 5.75. The Morgan fingerprint density at radius 3 is 2.45 bits per heavy atom. The van der Waals surface area contributed by atoms with Gasteiger partial charge in [0.2, 0.25) is 0 Å². The number of amides is 1. The summed E-state index contributed by atoms with van der Waals surface area (Å²) in [7, 11) is 0. The van der Waals surface area contributed by atoms with Crippen LogP contribution in [0, 0.1) is 0 Å². The minimum Gasteiger partial charge on any atom is -0.341 e. The van der Waals surface area contributed by atoms with Crippen LogP contribution < -0.4 is 5.32 Å². The van der Waals surface area contributed by atoms with Gasteiger partial charge in [-0.2, -0.15) is 0 Å². The summed E-state index contributed by atoms with van der Waals surface area (Å²) < 4.78 is 2.28. The lowest BCUT2D eigenvalue weighted by Gasteiger charge is -2.10. The third-order valence-electron chi connectivity index (χ3n) is 4.91. The van der Waals surface area contributed by atoms with Crippen LogP contribution in [0.3, 0.4) is 0 Å². The number of thioether (sulfide) groups is 1. The van der Waals surface area contributed by atoms with E-state index in [-0.39, 0.29) is 11.7 Å². The van der Waals surface area contributed by atoms with E-state index in [1.54, 1.807) is 13.0 Å². The van der Waals surface area contributed by atoms with Gasteiger partial charge in [0, 0.05) is 38.9 Å². The molecule has 0 saturated heterocycles. The smallest absolute Gasteiger partial charge is 0.256 e. The number of aromatic nitrogens is 1. The molecule has 0 aliphatic rings. The van der Waals surface area contributed by atoms with Crippen LogP contribution in [-0.4, -0.2) is 22.0 Å². The van der Waals surface area contributed by atoms with E-state index in [0.29, 0.717) is 11.3 Å². The number of rotatable bonds is 6. The molecule has 0 spiro atoms. The van der Waals surface area contributed by atoms with Gasteiger partial charge in [0.25, 0.3) is 5.91 Å². The number of hydrogen-bond donors (Lipinski definition) is 1. The molecular formula is C24H22N2O2S. The monoisotopic (exact) mass is 402 g/mol. The fraction of sp³-hybridized carbons (Fsp3) is 0.167. The van der Waals surface area contributed by atoms with Gasteiger partial charge in [-0.15, -0.1) is 11.8 Å². The molecule has 1 aromatic heterocycles. The lowest BCUT2D eigenvalue weighted by atomic mass is 10.1. The number of nitrogens with one attached hydrogen (secondary N) is 1. The van der Waals surface area contributed by atoms with Gasteiger partial charge in [0.15, 0.2) is 0 Å². The van der Waals surface area contributed by atoms with Crippen LogP contribution in [0.4, 0.5) is 5.69 Å². The van der Waals surface area contributed by atoms with Gasteiger partial charge in [-0.1, -0.05) is 30.3 Å². The molecule has 3 aromatic carbocycles. The van der Waals surface area contributed by atoms with Gasteiger partial charge < -0.3 is 9.88 Å². The van der Waals surface area contributed by atoms with Crippen LogP contribution in [0.2, 0.25) is 0 Å². The van der Waals surface area contributed by atoms with Crippen LogP contribution in [0.25, 0.3) is 21.8 Å². The molecule has 4 rings (SSSR count). The highest BCUT2D eigenvalue weighted by Gasteiger charge is 2.14. The minimum absolute atomic E-state index is 0.0861. The first-order valence-corrected chi connectivity index (χ1v) is 10.6. The Balaban J connectivity index is 1.68. The Bertz CT molecular complexity index is 1230. The van der Waals surface area contributed by atoms with Crippen LogP contribution in [0.1, 0.15) is 24.2 Å². The van der Waals surface area contributed by atoms with Crippen LogP contribution >= 0.6 is 11.8 Å². The summed E-state index contributed by atoms with van der Waals surface area (Å²) in [4.78, 5) is 25.1. The van der Waals surface area contributed by atoms with E-state index in [1.165, 1.54) is 22.7 Å². The normalized spacial score (nSPS) is 11.1. The number of fused-ring (bicyclic) bond motifs is 3. The number of anilines is 1. The van der Waals surface area contributed by atoms with Crippen molar-refractivity contribution in [1.82, 2.24) is 4.57 Å². The highest BCUT2D eigenvalue weighted by molar-refractivity contribution is 8.00. The quantitative estimate of drug-likeness (QED) is 0.418. The zero-order valence-corrected chi connectivity index (χ0v) is 17.3. The highest BCUT2D eigenvalue weighted by Crippen LogP contribution is 2.31. The molecule has 1 heterocycles. The topological polar surface area (TPSA) is 51.1 Å². The van der Waals surface area contributed by atoms with Gasteiger partial charge in [-0.05, 0) is 50.2 Å². The summed E-state index contributed by atoms with van der Waals surface area (Å²) in [5, 5.41) is 5.33. The SMILES string of the molecule is CCn1c2ccccc2c2cc(NC(=O)c3ccccc3SCC(C)=O)ccc21. The molecule has 0 radical (unpaired) electrons. The standard InChI is InChI=1S/C24H22N2O2S/c1-3-26-21-10-6-4-8-18(21)20-14-17(12-13-22(20)26)25-24(28)19-9-5-7-11-23(19)29-15-16(2)27/h4-14H,3,15H2,1-2H3,(H,25,28). The second-order valence-corrected chi connectivity index (χ2v) is 7.95. The molecule has 0 aliphatic heterocycles. The molecule has 0 fully saturated rings. The van der Waals surface area contributed by atoms with Crippen LogP contribution in [-0.2, 0) is 11.3 Å². The third kappa shape index (κ3) is 3.78. The average molecular weight is 403 g/mol. The van der Waals surface area contributed by atoms with Gasteiger partial charge in [-0.25, -0.2) is 0 Å². The largest absolute Gasteiger partial charge is 0.341 e. The maximum absolute atomic E-state index is 12.9. The summed E-state index contributed by atoms with van der Waals surface area (Å²) in [6.45, 7) is 4.57. The fourth-order valence-electron chi connectivity index (χ4n) is 3.63. The molecule has 146 valence electrons. The molecule has 0 saturated carbocycles. The number of carbonyl (C=O) groups is 2. The van der Waals surface area contributed by atoms with Crippen molar-refractivity contribution >= 4 is 50.9 Å². The summed E-state index contributed by atoms with van der Waals surface area (Å²) in [5.74, 6) is 0.269. The summed E-state index contributed by atoms with van der Waals surface area (Å²) in [6, 6.07) is 21.7. The molecule has 29 heavy (non-hydrogen) atoms. The number of aryl methyl sites for hydroxylation is 1. The second kappa shape index (κ2) is 8.13. The molecule has 0 atom stereocenters. The van der Waals surface area contributed by atoms with Crippen molar-refractivity contribution in [3.63, 3.8) is 0 Å². The molecule has 0 unspecified atom stereocenters. The number of nitrogens with zero attached hydrogens (tertiary/aromatic N) is 1. The molecule has 1 N–H and O–H groups in total. The van der Waals surface area contributed by atoms with Gasteiger partial charge in [0.1, 0.15) is 5.78 Å². The molecule has 5 heteroatoms. The van der Waals surface area contributed by atoms with E-state index in [4.69, 9.17) is 0 Å². The lowest BCUT2D eigenvalue weighted by molar-refractivity contribution is -0.114. The maximum Gasteiger partial charge on any atom is 0.256 e. The number of benzene rings is 3. The van der Waals surface area contributed by atoms with Crippen molar-refractivity contribution in [2.45, 2.75) is 25.3 Å². The molecule has 0 aliphatic carbocycles. The summed E-state index contributed by atoms with van der Waals surface area (Å²) in [5.41, 5.74) is 3.69. The second-order valence-electron chi connectivity index (χ2n) is 6.93. The average Bonchev–Trinajstić information content (AvgIpc) is 3.05. The first kappa shape index (κ1) is 19.3. The van der Waals surface area contributed by atoms with Crippen LogP contribution in [0.5, 0.6) is 0 Å². The Morgan fingerprint density at radius 2 is 1.66 bits per heavy atom. The highest BCUT2D eigenvalue weighted by atomic mass is 32.2. The molecule has 4 nitrogen and oxygen atoms in total. The Kier molecular flexibility index (Phi) is 5.41. The number of hydrogen-bond acceptors (Lipinski definition) is 3. The van der Waals surface area contributed by atoms with E-state index in [1.807, 2.05) is 42.5 Å². The van der Waals surface area contributed by atoms with Gasteiger partial charge >= 0.3 is 0 Å². The van der Waals surface area contributed by atoms with Crippen molar-refractivity contribution in [3.8, 4) is 0 Å². The Hall–Kier alpha value is -3.05. The van der Waals surface area contributed by atoms with Crippen molar-refractivity contribution < 1.29 is 9.59 Å². The predicted molar refractivity (Wildman–Crippen MR) is 121 cm³/mol. The van der Waals surface area contributed by atoms with E-state index in [0.717, 1.165) is 28.0 Å². The number of para-hydroxylation sites is 1. The number of Topliss-reactive ketones (excluding diaryl/α,β-unsaturated/α-hetero) is 1. The van der Waals surface area contributed by atoms with Crippen molar-refractivity contribution in [2.24, 2.45) is 0 Å². The third-order valence-corrected chi connectivity index (χ3v) is 6.13. The summed E-state index contributed by atoms with van der Waals surface area (Å²) in [6.07, 6.45) is 0. The molecule has 1 amide bonds. The fourth-order valence-corrected chi connectivity index (χ4v) is 4.48. The zero-order chi connectivity index (χ0) is 20.4. The van der Waals surface area contributed by atoms with Crippen molar-refractivity contribution in [2.75, 3.05) is 11.1 Å². The number of ketones is 1.